The number of hydrogen-bond donors (Lipinski definition) is 1. The first-order valence-corrected chi connectivity index (χ1v) is 7.51. The Morgan fingerprint density at radius 2 is 2.14 bits per heavy atom. The van der Waals surface area contributed by atoms with Crippen molar-refractivity contribution in [2.45, 2.75) is 19.9 Å². The van der Waals surface area contributed by atoms with Gasteiger partial charge >= 0.3 is 0 Å². The third kappa shape index (κ3) is 3.60. The quantitative estimate of drug-likeness (QED) is 0.474. The van der Waals surface area contributed by atoms with Gasteiger partial charge in [-0.3, -0.25) is 14.9 Å². The van der Waals surface area contributed by atoms with E-state index in [0.29, 0.717) is 17.9 Å². The molecule has 1 aromatic heterocycles. The highest BCUT2D eigenvalue weighted by molar-refractivity contribution is 14.1. The van der Waals surface area contributed by atoms with E-state index < -0.39 is 4.92 Å². The number of rotatable bonds is 5. The van der Waals surface area contributed by atoms with E-state index >= 15 is 0 Å². The molecular weight excluding hydrogens is 385 g/mol. The van der Waals surface area contributed by atoms with Crippen LogP contribution in [0, 0.1) is 13.7 Å². The van der Waals surface area contributed by atoms with Gasteiger partial charge in [0.1, 0.15) is 5.69 Å². The summed E-state index contributed by atoms with van der Waals surface area (Å²) in [4.78, 5) is 22.7. The first kappa shape index (κ1) is 15.5. The van der Waals surface area contributed by atoms with Crippen LogP contribution in [-0.4, -0.2) is 15.4 Å². The third-order valence-corrected chi connectivity index (χ3v) is 3.85. The minimum Gasteiger partial charge on any atom is -0.337 e. The van der Waals surface area contributed by atoms with Gasteiger partial charge in [-0.15, -0.1) is 0 Å². The molecule has 7 heteroatoms. The van der Waals surface area contributed by atoms with Gasteiger partial charge in [-0.2, -0.15) is 0 Å². The summed E-state index contributed by atoms with van der Waals surface area (Å²) in [6.45, 7) is 2.51. The van der Waals surface area contributed by atoms with Crippen molar-refractivity contribution in [1.29, 1.82) is 0 Å². The molecule has 0 spiro atoms. The van der Waals surface area contributed by atoms with E-state index in [2.05, 4.69) is 27.9 Å². The Balaban J connectivity index is 2.30. The highest BCUT2D eigenvalue weighted by atomic mass is 127. The number of hydrogen-bond acceptors (Lipinski definition) is 3. The number of carbonyl (C=O) groups is 1. The summed E-state index contributed by atoms with van der Waals surface area (Å²) in [5.41, 5.74) is 0.912. The van der Waals surface area contributed by atoms with Gasteiger partial charge in [-0.05, 0) is 41.1 Å². The summed E-state index contributed by atoms with van der Waals surface area (Å²) in [6.07, 6.45) is 2.18. The van der Waals surface area contributed by atoms with Gasteiger partial charge in [0.05, 0.1) is 16.8 Å². The zero-order chi connectivity index (χ0) is 15.4. The zero-order valence-electron chi connectivity index (χ0n) is 11.4. The second-order valence-electron chi connectivity index (χ2n) is 4.47. The lowest BCUT2D eigenvalue weighted by molar-refractivity contribution is -0.384. The van der Waals surface area contributed by atoms with E-state index in [9.17, 15) is 14.9 Å². The highest BCUT2D eigenvalue weighted by Crippen LogP contribution is 2.21. The van der Waals surface area contributed by atoms with Crippen LogP contribution >= 0.6 is 22.6 Å². The fourth-order valence-electron chi connectivity index (χ4n) is 1.96. The largest absolute Gasteiger partial charge is 0.337 e. The molecule has 0 bridgehead atoms. The van der Waals surface area contributed by atoms with E-state index in [1.165, 1.54) is 12.3 Å². The number of nitrogens with zero attached hydrogens (tertiary/aromatic N) is 2. The van der Waals surface area contributed by atoms with Crippen LogP contribution in [0.25, 0.3) is 0 Å². The summed E-state index contributed by atoms with van der Waals surface area (Å²) in [5, 5.41) is 13.7. The lowest BCUT2D eigenvalue weighted by atomic mass is 10.3. The van der Waals surface area contributed by atoms with E-state index in [1.807, 2.05) is 25.1 Å². The first-order valence-electron chi connectivity index (χ1n) is 6.43. The molecule has 0 saturated heterocycles. The number of amides is 1. The number of para-hydroxylation sites is 1. The van der Waals surface area contributed by atoms with Crippen molar-refractivity contribution in [3.8, 4) is 0 Å². The molecule has 0 aliphatic heterocycles. The van der Waals surface area contributed by atoms with Gasteiger partial charge in [-0.25, -0.2) is 0 Å². The van der Waals surface area contributed by atoms with Gasteiger partial charge in [0.2, 0.25) is 0 Å². The third-order valence-electron chi connectivity index (χ3n) is 2.91. The average molecular weight is 399 g/mol. The molecule has 0 radical (unpaired) electrons. The minimum atomic E-state index is -0.491. The average Bonchev–Trinajstić information content (AvgIpc) is 2.86. The van der Waals surface area contributed by atoms with Gasteiger partial charge in [0, 0.05) is 16.2 Å². The molecule has 0 fully saturated rings. The summed E-state index contributed by atoms with van der Waals surface area (Å²) in [5.74, 6) is -0.347. The Bertz CT molecular complexity index is 682. The number of aryl methyl sites for hydroxylation is 1. The SMILES string of the molecule is CCCn1cc([N+](=O)[O-])cc1C(=O)Nc1ccccc1I. The number of aromatic nitrogens is 1. The molecule has 0 unspecified atom stereocenters. The fourth-order valence-corrected chi connectivity index (χ4v) is 2.48. The molecule has 1 heterocycles. The Morgan fingerprint density at radius 3 is 2.76 bits per heavy atom. The minimum absolute atomic E-state index is 0.0728. The number of halogens is 1. The molecule has 1 N–H and O–H groups in total. The van der Waals surface area contributed by atoms with Crippen LogP contribution in [0.4, 0.5) is 11.4 Å². The number of carbonyl (C=O) groups excluding carboxylic acids is 1. The van der Waals surface area contributed by atoms with Crippen LogP contribution in [-0.2, 0) is 6.54 Å². The normalized spacial score (nSPS) is 10.4. The molecular formula is C14H14IN3O3. The number of nitrogens with one attached hydrogen (secondary N) is 1. The predicted molar refractivity (Wildman–Crippen MR) is 88.5 cm³/mol. The molecule has 0 aliphatic rings. The van der Waals surface area contributed by atoms with Gasteiger partial charge < -0.3 is 9.88 Å². The summed E-state index contributed by atoms with van der Waals surface area (Å²) in [7, 11) is 0. The Morgan fingerprint density at radius 1 is 1.43 bits per heavy atom. The van der Waals surface area contributed by atoms with E-state index in [-0.39, 0.29) is 11.6 Å². The van der Waals surface area contributed by atoms with E-state index in [1.54, 1.807) is 10.6 Å². The van der Waals surface area contributed by atoms with E-state index in [4.69, 9.17) is 0 Å². The molecule has 2 aromatic rings. The van der Waals surface area contributed by atoms with Crippen molar-refractivity contribution < 1.29 is 9.72 Å². The molecule has 0 aliphatic carbocycles. The maximum atomic E-state index is 12.3. The van der Waals surface area contributed by atoms with Crippen molar-refractivity contribution in [2.24, 2.45) is 0 Å². The van der Waals surface area contributed by atoms with Crippen molar-refractivity contribution in [3.05, 3.63) is 55.9 Å². The van der Waals surface area contributed by atoms with Gasteiger partial charge in [0.25, 0.3) is 11.6 Å². The smallest absolute Gasteiger partial charge is 0.287 e. The number of anilines is 1. The maximum absolute atomic E-state index is 12.3. The topological polar surface area (TPSA) is 77.2 Å². The zero-order valence-corrected chi connectivity index (χ0v) is 13.5. The van der Waals surface area contributed by atoms with Crippen molar-refractivity contribution >= 4 is 39.9 Å². The lowest BCUT2D eigenvalue weighted by Crippen LogP contribution is -2.17. The van der Waals surface area contributed by atoms with Crippen LogP contribution in [0.1, 0.15) is 23.8 Å². The number of nitro groups is 1. The van der Waals surface area contributed by atoms with Crippen molar-refractivity contribution in [2.75, 3.05) is 5.32 Å². The number of benzene rings is 1. The van der Waals surface area contributed by atoms with Crippen LogP contribution in [0.15, 0.2) is 36.5 Å². The Labute approximate surface area is 135 Å². The highest BCUT2D eigenvalue weighted by Gasteiger charge is 2.19. The standard InChI is InChI=1S/C14H14IN3O3/c1-2-7-17-9-10(18(20)21)8-13(17)14(19)16-12-6-4-3-5-11(12)15/h3-6,8-9H,2,7H2,1H3,(H,16,19). The molecule has 21 heavy (non-hydrogen) atoms. The van der Waals surface area contributed by atoms with Crippen molar-refractivity contribution in [1.82, 2.24) is 4.57 Å². The molecule has 0 saturated carbocycles. The maximum Gasteiger partial charge on any atom is 0.287 e. The second-order valence-corrected chi connectivity index (χ2v) is 5.63. The first-order chi connectivity index (χ1) is 10.0. The molecule has 1 amide bonds. The van der Waals surface area contributed by atoms with Crippen LogP contribution in [0.5, 0.6) is 0 Å². The van der Waals surface area contributed by atoms with Crippen LogP contribution < -0.4 is 5.32 Å². The van der Waals surface area contributed by atoms with Crippen molar-refractivity contribution in [3.63, 3.8) is 0 Å². The van der Waals surface area contributed by atoms with E-state index in [0.717, 1.165) is 9.99 Å². The molecule has 2 rings (SSSR count). The predicted octanol–water partition coefficient (Wildman–Crippen LogP) is 3.66. The molecule has 0 atom stereocenters. The summed E-state index contributed by atoms with van der Waals surface area (Å²) < 4.78 is 2.52. The van der Waals surface area contributed by atoms with Crippen LogP contribution in [0.2, 0.25) is 0 Å². The molecule has 6 nitrogen and oxygen atoms in total. The Hall–Kier alpha value is -1.90. The fraction of sp³-hybridized carbons (Fsp3) is 0.214. The summed E-state index contributed by atoms with van der Waals surface area (Å²) in [6, 6.07) is 8.68. The second kappa shape index (κ2) is 6.70. The molecule has 110 valence electrons. The Kier molecular flexibility index (Phi) is 4.94. The van der Waals surface area contributed by atoms with Gasteiger partial charge in [0.15, 0.2) is 0 Å². The molecule has 1 aromatic carbocycles. The monoisotopic (exact) mass is 399 g/mol. The lowest BCUT2D eigenvalue weighted by Gasteiger charge is -2.09. The van der Waals surface area contributed by atoms with Crippen LogP contribution in [0.3, 0.4) is 0 Å². The summed E-state index contributed by atoms with van der Waals surface area (Å²) >= 11 is 2.12. The van der Waals surface area contributed by atoms with Gasteiger partial charge in [-0.1, -0.05) is 19.1 Å².